The zero-order valence-electron chi connectivity index (χ0n) is 24.2. The minimum atomic E-state index is -6.23. The first kappa shape index (κ1) is 34.9. The summed E-state index contributed by atoms with van der Waals surface area (Å²) >= 11 is 0. The number of alkyl halides is 6. The van der Waals surface area contributed by atoms with Crippen molar-refractivity contribution >= 4 is 15.8 Å². The van der Waals surface area contributed by atoms with Gasteiger partial charge in [0.05, 0.1) is 17.7 Å². The van der Waals surface area contributed by atoms with Gasteiger partial charge in [-0.25, -0.2) is 21.6 Å². The lowest BCUT2D eigenvalue weighted by molar-refractivity contribution is -0.392. The molecule has 7 nitrogen and oxygen atoms in total. The van der Waals surface area contributed by atoms with Gasteiger partial charge in [0.2, 0.25) is 0 Å². The van der Waals surface area contributed by atoms with Crippen molar-refractivity contribution in [1.29, 1.82) is 0 Å². The zero-order valence-corrected chi connectivity index (χ0v) is 25.1. The molecule has 1 aromatic heterocycles. The molecule has 256 valence electrons. The SMILES string of the molecule is O=C(O)Cn1ncc2c1CCC(c1ccc(C(OCc3c(F)cccc3F)(C(F)(F)F)C(F)(F)F)cc1)(S(=O)(=O)c1ccc(F)cc1)C2. The maximum absolute atomic E-state index is 14.5. The molecule has 0 aliphatic heterocycles. The Morgan fingerprint density at radius 3 is 2.02 bits per heavy atom. The molecule has 5 rings (SSSR count). The van der Waals surface area contributed by atoms with Crippen molar-refractivity contribution in [3.05, 3.63) is 118 Å². The lowest BCUT2D eigenvalue weighted by Gasteiger charge is -2.39. The summed E-state index contributed by atoms with van der Waals surface area (Å²) in [5.41, 5.74) is -7.46. The van der Waals surface area contributed by atoms with E-state index in [1.165, 1.54) is 6.20 Å². The van der Waals surface area contributed by atoms with E-state index in [-0.39, 0.29) is 24.0 Å². The molecule has 1 atom stereocenters. The van der Waals surface area contributed by atoms with Gasteiger partial charge >= 0.3 is 18.3 Å². The lowest BCUT2D eigenvalue weighted by Crippen LogP contribution is -2.56. The number of fused-ring (bicyclic) bond motifs is 1. The molecule has 0 saturated carbocycles. The molecule has 17 heteroatoms. The van der Waals surface area contributed by atoms with Crippen LogP contribution in [-0.2, 0) is 55.7 Å². The van der Waals surface area contributed by atoms with Crippen LogP contribution in [-0.4, -0.2) is 41.6 Å². The first-order chi connectivity index (χ1) is 22.3. The molecule has 1 heterocycles. The number of sulfone groups is 1. The van der Waals surface area contributed by atoms with E-state index in [4.69, 9.17) is 0 Å². The molecule has 0 spiro atoms. The van der Waals surface area contributed by atoms with Crippen LogP contribution in [0, 0.1) is 17.5 Å². The maximum atomic E-state index is 14.5. The summed E-state index contributed by atoms with van der Waals surface area (Å²) in [5, 5.41) is 13.2. The Hall–Kier alpha value is -4.38. The van der Waals surface area contributed by atoms with E-state index >= 15 is 0 Å². The smallest absolute Gasteiger partial charge is 0.430 e. The summed E-state index contributed by atoms with van der Waals surface area (Å²) in [4.78, 5) is 10.9. The molecule has 1 aliphatic carbocycles. The van der Waals surface area contributed by atoms with Crippen LogP contribution in [0.15, 0.2) is 77.8 Å². The highest BCUT2D eigenvalue weighted by Gasteiger charge is 2.73. The van der Waals surface area contributed by atoms with Crippen molar-refractivity contribution in [2.24, 2.45) is 0 Å². The number of ether oxygens (including phenoxy) is 1. The molecular formula is C31H23F9N2O5S. The average Bonchev–Trinajstić information content (AvgIpc) is 3.38. The monoisotopic (exact) mass is 706 g/mol. The van der Waals surface area contributed by atoms with Crippen LogP contribution < -0.4 is 0 Å². The number of carboxylic acids is 1. The normalized spacial score (nSPS) is 17.3. The molecule has 1 aliphatic rings. The summed E-state index contributed by atoms with van der Waals surface area (Å²) in [5.74, 6) is -4.91. The second kappa shape index (κ2) is 12.3. The summed E-state index contributed by atoms with van der Waals surface area (Å²) in [7, 11) is -4.59. The van der Waals surface area contributed by atoms with Crippen LogP contribution in [0.5, 0.6) is 0 Å². The first-order valence-electron chi connectivity index (χ1n) is 13.9. The number of aliphatic carboxylic acids is 1. The van der Waals surface area contributed by atoms with Gasteiger partial charge in [-0.05, 0) is 66.8 Å². The number of halogens is 9. The van der Waals surface area contributed by atoms with Gasteiger partial charge in [0.25, 0.3) is 5.60 Å². The molecule has 0 amide bonds. The van der Waals surface area contributed by atoms with Gasteiger partial charge in [0.15, 0.2) is 9.84 Å². The van der Waals surface area contributed by atoms with Gasteiger partial charge in [-0.2, -0.15) is 31.4 Å². The molecule has 1 unspecified atom stereocenters. The Kier molecular flexibility index (Phi) is 8.92. The second-order valence-electron chi connectivity index (χ2n) is 11.0. The fraction of sp³-hybridized carbons (Fsp3) is 0.290. The Morgan fingerprint density at radius 2 is 1.48 bits per heavy atom. The van der Waals surface area contributed by atoms with Crippen LogP contribution in [0.4, 0.5) is 39.5 Å². The van der Waals surface area contributed by atoms with Crippen molar-refractivity contribution in [1.82, 2.24) is 9.78 Å². The Balaban J connectivity index is 1.65. The van der Waals surface area contributed by atoms with E-state index in [9.17, 15) is 57.8 Å². The van der Waals surface area contributed by atoms with Crippen molar-refractivity contribution in [2.75, 3.05) is 0 Å². The van der Waals surface area contributed by atoms with Crippen LogP contribution in [0.1, 0.15) is 34.4 Å². The average molecular weight is 707 g/mol. The molecule has 3 aromatic carbocycles. The molecule has 0 fully saturated rings. The Morgan fingerprint density at radius 1 is 0.896 bits per heavy atom. The number of benzene rings is 3. The number of hydrogen-bond donors (Lipinski definition) is 1. The van der Waals surface area contributed by atoms with Gasteiger partial charge in [-0.1, -0.05) is 30.3 Å². The van der Waals surface area contributed by atoms with Crippen molar-refractivity contribution in [2.45, 2.75) is 60.0 Å². The predicted molar refractivity (Wildman–Crippen MR) is 149 cm³/mol. The van der Waals surface area contributed by atoms with Crippen LogP contribution >= 0.6 is 0 Å². The van der Waals surface area contributed by atoms with E-state index in [1.807, 2.05) is 0 Å². The van der Waals surface area contributed by atoms with E-state index in [2.05, 4.69) is 9.84 Å². The van der Waals surface area contributed by atoms with Crippen molar-refractivity contribution in [3.8, 4) is 0 Å². The van der Waals surface area contributed by atoms with E-state index < -0.39 is 91.6 Å². The highest BCUT2D eigenvalue weighted by Crippen LogP contribution is 2.54. The fourth-order valence-corrected chi connectivity index (χ4v) is 8.04. The van der Waals surface area contributed by atoms with Crippen molar-refractivity contribution < 1.29 is 62.6 Å². The highest BCUT2D eigenvalue weighted by atomic mass is 32.2. The quantitative estimate of drug-likeness (QED) is 0.152. The number of carbonyl (C=O) groups is 1. The van der Waals surface area contributed by atoms with Crippen LogP contribution in [0.2, 0.25) is 0 Å². The standard InChI is InChI=1S/C31H23F9N2O5S/c32-21-8-10-22(11-9-21)48(45,46)28(13-12-26-18(14-28)15-41-42(26)16-27(43)44)19-4-6-20(7-5-19)29(30(35,36)37,31(38,39)40)47-17-23-24(33)2-1-3-25(23)34/h1-11,15H,12-14,16-17H2,(H,43,44). The molecular weight excluding hydrogens is 683 g/mol. The zero-order chi connectivity index (χ0) is 35.3. The van der Waals surface area contributed by atoms with Gasteiger partial charge in [-0.15, -0.1) is 0 Å². The predicted octanol–water partition coefficient (Wildman–Crippen LogP) is 6.78. The van der Waals surface area contributed by atoms with Gasteiger partial charge < -0.3 is 9.84 Å². The number of nitrogens with zero attached hydrogens (tertiary/aromatic N) is 2. The largest absolute Gasteiger partial charge is 0.480 e. The van der Waals surface area contributed by atoms with Gasteiger partial charge in [-0.3, -0.25) is 9.48 Å². The van der Waals surface area contributed by atoms with E-state index in [1.54, 1.807) is 0 Å². The summed E-state index contributed by atoms with van der Waals surface area (Å²) in [6.45, 7) is -2.33. The van der Waals surface area contributed by atoms with E-state index in [0.29, 0.717) is 30.0 Å². The third-order valence-corrected chi connectivity index (χ3v) is 10.8. The molecule has 1 N–H and O–H groups in total. The first-order valence-corrected chi connectivity index (χ1v) is 15.4. The Labute approximate surface area is 266 Å². The maximum Gasteiger partial charge on any atom is 0.430 e. The molecule has 0 bridgehead atoms. The molecule has 0 saturated heterocycles. The highest BCUT2D eigenvalue weighted by molar-refractivity contribution is 7.92. The van der Waals surface area contributed by atoms with Gasteiger partial charge in [0.1, 0.15) is 28.7 Å². The summed E-state index contributed by atoms with van der Waals surface area (Å²) in [6.07, 6.45) is -12.1. The minimum Gasteiger partial charge on any atom is -0.480 e. The number of rotatable bonds is 9. The molecule has 48 heavy (non-hydrogen) atoms. The Bertz CT molecular complexity index is 1910. The summed E-state index contributed by atoms with van der Waals surface area (Å²) in [6, 6.07) is 8.00. The third kappa shape index (κ3) is 5.82. The third-order valence-electron chi connectivity index (χ3n) is 8.31. The molecule has 4 aromatic rings. The van der Waals surface area contributed by atoms with Crippen molar-refractivity contribution in [3.63, 3.8) is 0 Å². The molecule has 0 radical (unpaired) electrons. The summed E-state index contributed by atoms with van der Waals surface area (Å²) < 4.78 is 161. The van der Waals surface area contributed by atoms with E-state index in [0.717, 1.165) is 47.1 Å². The van der Waals surface area contributed by atoms with Crippen LogP contribution in [0.25, 0.3) is 0 Å². The number of carboxylic acid groups (broad SMARTS) is 1. The van der Waals surface area contributed by atoms with Crippen LogP contribution in [0.3, 0.4) is 0 Å². The topological polar surface area (TPSA) is 98.5 Å². The second-order valence-corrected chi connectivity index (χ2v) is 13.3. The minimum absolute atomic E-state index is 0.114. The number of hydrogen-bond acceptors (Lipinski definition) is 5. The lowest BCUT2D eigenvalue weighted by atomic mass is 9.80. The number of aromatic nitrogens is 2. The fourth-order valence-electron chi connectivity index (χ4n) is 5.93. The van der Waals surface area contributed by atoms with Gasteiger partial charge in [0, 0.05) is 16.8 Å².